The molecule has 17 heavy (non-hydrogen) atoms. The van der Waals surface area contributed by atoms with E-state index in [4.69, 9.17) is 5.73 Å². The van der Waals surface area contributed by atoms with Crippen LogP contribution in [0.3, 0.4) is 0 Å². The normalized spacial score (nSPS) is 18.7. The van der Waals surface area contributed by atoms with E-state index in [2.05, 4.69) is 19.9 Å². The van der Waals surface area contributed by atoms with Gasteiger partial charge in [-0.3, -0.25) is 9.58 Å². The Morgan fingerprint density at radius 1 is 1.24 bits per heavy atom. The van der Waals surface area contributed by atoms with E-state index < -0.39 is 0 Å². The SMILES string of the molecule is Cn1ncnc1CN1CCN(CCCN)CC1. The lowest BCUT2D eigenvalue weighted by Gasteiger charge is -2.34. The topological polar surface area (TPSA) is 63.2 Å². The highest BCUT2D eigenvalue weighted by Gasteiger charge is 2.17. The van der Waals surface area contributed by atoms with E-state index in [1.807, 2.05) is 11.7 Å². The molecule has 1 aromatic heterocycles. The predicted octanol–water partition coefficient (Wildman–Crippen LogP) is -0.718. The Kier molecular flexibility index (Phi) is 4.47. The Bertz CT molecular complexity index is 328. The van der Waals surface area contributed by atoms with Crippen molar-refractivity contribution < 1.29 is 0 Å². The number of nitrogens with zero attached hydrogens (tertiary/aromatic N) is 5. The van der Waals surface area contributed by atoms with Crippen LogP contribution in [-0.4, -0.2) is 63.8 Å². The number of aryl methyl sites for hydroxylation is 1. The summed E-state index contributed by atoms with van der Waals surface area (Å²) < 4.78 is 1.85. The van der Waals surface area contributed by atoms with Crippen molar-refractivity contribution in [2.75, 3.05) is 39.3 Å². The lowest BCUT2D eigenvalue weighted by atomic mass is 10.3. The van der Waals surface area contributed by atoms with Gasteiger partial charge in [0, 0.05) is 33.2 Å². The fraction of sp³-hybridized carbons (Fsp3) is 0.818. The van der Waals surface area contributed by atoms with Gasteiger partial charge in [-0.1, -0.05) is 0 Å². The summed E-state index contributed by atoms with van der Waals surface area (Å²) in [4.78, 5) is 9.18. The Labute approximate surface area is 102 Å². The number of rotatable bonds is 5. The molecule has 6 heteroatoms. The van der Waals surface area contributed by atoms with Crippen LogP contribution in [0.2, 0.25) is 0 Å². The van der Waals surface area contributed by atoms with Crippen LogP contribution in [0.25, 0.3) is 0 Å². The van der Waals surface area contributed by atoms with Crippen molar-refractivity contribution in [3.8, 4) is 0 Å². The number of aromatic nitrogens is 3. The van der Waals surface area contributed by atoms with Gasteiger partial charge >= 0.3 is 0 Å². The maximum Gasteiger partial charge on any atom is 0.140 e. The van der Waals surface area contributed by atoms with Crippen LogP contribution in [0.5, 0.6) is 0 Å². The van der Waals surface area contributed by atoms with Gasteiger partial charge in [0.05, 0.1) is 6.54 Å². The minimum Gasteiger partial charge on any atom is -0.330 e. The maximum absolute atomic E-state index is 5.52. The van der Waals surface area contributed by atoms with Crippen molar-refractivity contribution >= 4 is 0 Å². The summed E-state index contributed by atoms with van der Waals surface area (Å²) in [6, 6.07) is 0. The molecule has 0 aliphatic carbocycles. The standard InChI is InChI=1S/C11H22N6/c1-15-11(13-10-14-15)9-17-7-5-16(6-8-17)4-2-3-12/h10H,2-9,12H2,1H3. The van der Waals surface area contributed by atoms with E-state index in [0.29, 0.717) is 0 Å². The number of piperazine rings is 1. The lowest BCUT2D eigenvalue weighted by Crippen LogP contribution is -2.46. The molecule has 2 N–H and O–H groups in total. The molecule has 1 aliphatic rings. The molecule has 2 rings (SSSR count). The zero-order valence-electron chi connectivity index (χ0n) is 10.5. The minimum absolute atomic E-state index is 0.791. The monoisotopic (exact) mass is 238 g/mol. The van der Waals surface area contributed by atoms with Crippen LogP contribution in [0.4, 0.5) is 0 Å². The molecule has 1 aliphatic heterocycles. The van der Waals surface area contributed by atoms with Crippen molar-refractivity contribution in [3.63, 3.8) is 0 Å². The second-order valence-corrected chi connectivity index (χ2v) is 4.56. The van der Waals surface area contributed by atoms with Gasteiger partial charge in [-0.25, -0.2) is 4.98 Å². The smallest absolute Gasteiger partial charge is 0.140 e. The molecule has 0 atom stereocenters. The molecular weight excluding hydrogens is 216 g/mol. The molecule has 96 valence electrons. The molecule has 6 nitrogen and oxygen atoms in total. The molecule has 0 spiro atoms. The predicted molar refractivity (Wildman–Crippen MR) is 66.4 cm³/mol. The van der Waals surface area contributed by atoms with Gasteiger partial charge < -0.3 is 10.6 Å². The largest absolute Gasteiger partial charge is 0.330 e. The first-order valence-corrected chi connectivity index (χ1v) is 6.27. The fourth-order valence-electron chi connectivity index (χ4n) is 2.15. The van der Waals surface area contributed by atoms with E-state index in [0.717, 1.165) is 58.1 Å². The van der Waals surface area contributed by atoms with Crippen LogP contribution in [-0.2, 0) is 13.6 Å². The summed E-state index contributed by atoms with van der Waals surface area (Å²) in [5.74, 6) is 1.04. The average Bonchev–Trinajstić information content (AvgIpc) is 2.74. The molecule has 1 saturated heterocycles. The van der Waals surface area contributed by atoms with E-state index in [9.17, 15) is 0 Å². The molecule has 0 saturated carbocycles. The first-order valence-electron chi connectivity index (χ1n) is 6.27. The van der Waals surface area contributed by atoms with Crippen LogP contribution in [0.1, 0.15) is 12.2 Å². The third-order valence-corrected chi connectivity index (χ3v) is 3.31. The molecule has 0 bridgehead atoms. The van der Waals surface area contributed by atoms with Crippen LogP contribution in [0, 0.1) is 0 Å². The Morgan fingerprint density at radius 3 is 2.53 bits per heavy atom. The van der Waals surface area contributed by atoms with Gasteiger partial charge in [-0.2, -0.15) is 5.10 Å². The molecule has 2 heterocycles. The highest BCUT2D eigenvalue weighted by atomic mass is 15.3. The minimum atomic E-state index is 0.791. The van der Waals surface area contributed by atoms with Crippen molar-refractivity contribution in [1.29, 1.82) is 0 Å². The van der Waals surface area contributed by atoms with Gasteiger partial charge in [0.25, 0.3) is 0 Å². The van der Waals surface area contributed by atoms with E-state index in [1.165, 1.54) is 0 Å². The summed E-state index contributed by atoms with van der Waals surface area (Å²) >= 11 is 0. The summed E-state index contributed by atoms with van der Waals surface area (Å²) in [6.07, 6.45) is 2.72. The molecule has 0 aromatic carbocycles. The Morgan fingerprint density at radius 2 is 1.94 bits per heavy atom. The number of hydrogen-bond donors (Lipinski definition) is 1. The summed E-state index contributed by atoms with van der Waals surface area (Å²) in [6.45, 7) is 7.32. The van der Waals surface area contributed by atoms with Gasteiger partial charge in [-0.05, 0) is 19.5 Å². The molecule has 0 amide bonds. The number of nitrogens with two attached hydrogens (primary N) is 1. The second kappa shape index (κ2) is 6.09. The fourth-order valence-corrected chi connectivity index (χ4v) is 2.15. The van der Waals surface area contributed by atoms with Crippen LogP contribution < -0.4 is 5.73 Å². The van der Waals surface area contributed by atoms with Gasteiger partial charge in [0.15, 0.2) is 0 Å². The average molecular weight is 238 g/mol. The molecular formula is C11H22N6. The second-order valence-electron chi connectivity index (χ2n) is 4.56. The summed E-state index contributed by atoms with van der Waals surface area (Å²) in [7, 11) is 1.94. The zero-order chi connectivity index (χ0) is 12.1. The van der Waals surface area contributed by atoms with E-state index >= 15 is 0 Å². The molecule has 1 fully saturated rings. The van der Waals surface area contributed by atoms with Crippen LogP contribution >= 0.6 is 0 Å². The zero-order valence-corrected chi connectivity index (χ0v) is 10.5. The van der Waals surface area contributed by atoms with Gasteiger partial charge in [0.2, 0.25) is 0 Å². The highest BCUT2D eigenvalue weighted by Crippen LogP contribution is 2.06. The Balaban J connectivity index is 1.74. The number of hydrogen-bond acceptors (Lipinski definition) is 5. The molecule has 1 aromatic rings. The van der Waals surface area contributed by atoms with Crippen molar-refractivity contribution in [1.82, 2.24) is 24.6 Å². The highest BCUT2D eigenvalue weighted by molar-refractivity contribution is 4.85. The summed E-state index contributed by atoms with van der Waals surface area (Å²) in [5, 5.41) is 4.09. The third kappa shape index (κ3) is 3.49. The lowest BCUT2D eigenvalue weighted by molar-refractivity contribution is 0.123. The van der Waals surface area contributed by atoms with E-state index in [-0.39, 0.29) is 0 Å². The van der Waals surface area contributed by atoms with Crippen LogP contribution in [0.15, 0.2) is 6.33 Å². The molecule has 0 radical (unpaired) electrons. The van der Waals surface area contributed by atoms with Gasteiger partial charge in [-0.15, -0.1) is 0 Å². The van der Waals surface area contributed by atoms with Crippen molar-refractivity contribution in [3.05, 3.63) is 12.2 Å². The van der Waals surface area contributed by atoms with E-state index in [1.54, 1.807) is 6.33 Å². The third-order valence-electron chi connectivity index (χ3n) is 3.31. The van der Waals surface area contributed by atoms with Crippen molar-refractivity contribution in [2.45, 2.75) is 13.0 Å². The maximum atomic E-state index is 5.52. The Hall–Kier alpha value is -0.980. The summed E-state index contributed by atoms with van der Waals surface area (Å²) in [5.41, 5.74) is 5.52. The van der Waals surface area contributed by atoms with Crippen molar-refractivity contribution in [2.24, 2.45) is 12.8 Å². The quantitative estimate of drug-likeness (QED) is 0.733. The van der Waals surface area contributed by atoms with Gasteiger partial charge in [0.1, 0.15) is 12.2 Å². The first-order chi connectivity index (χ1) is 8.29. The molecule has 0 unspecified atom stereocenters. The first kappa shape index (κ1) is 12.5.